The predicted octanol–water partition coefficient (Wildman–Crippen LogP) is 5.23. The Morgan fingerprint density at radius 3 is 1.00 bits per heavy atom. The summed E-state index contributed by atoms with van der Waals surface area (Å²) in [7, 11) is 0. The van der Waals surface area contributed by atoms with Gasteiger partial charge in [0.05, 0.1) is 0 Å². The number of rotatable bonds is 3. The third kappa shape index (κ3) is 2.70. The summed E-state index contributed by atoms with van der Waals surface area (Å²) < 4.78 is 49.4. The highest BCUT2D eigenvalue weighted by Gasteiger charge is 2.08. The molecule has 0 atom stereocenters. The second-order valence-corrected chi connectivity index (χ2v) is 3.85. The van der Waals surface area contributed by atoms with Gasteiger partial charge in [-0.15, -0.1) is 0 Å². The van der Waals surface area contributed by atoms with E-state index in [4.69, 9.17) is 0 Å². The molecule has 0 saturated heterocycles. The molecule has 2 aromatic carbocycles. The highest BCUT2D eigenvalue weighted by atomic mass is 19.3. The third-order valence-electron chi connectivity index (χ3n) is 2.66. The summed E-state index contributed by atoms with van der Waals surface area (Å²) in [6.07, 6.45) is -5.00. The van der Waals surface area contributed by atoms with E-state index in [9.17, 15) is 17.6 Å². The van der Waals surface area contributed by atoms with Crippen LogP contribution in [0.4, 0.5) is 17.6 Å². The van der Waals surface area contributed by atoms with Crippen LogP contribution < -0.4 is 0 Å². The summed E-state index contributed by atoms with van der Waals surface area (Å²) >= 11 is 0. The summed E-state index contributed by atoms with van der Waals surface area (Å²) in [5.41, 5.74) is 1.34. The lowest BCUT2D eigenvalue weighted by Gasteiger charge is -2.05. The molecule has 0 radical (unpaired) electrons. The monoisotopic (exact) mass is 254 g/mol. The van der Waals surface area contributed by atoms with Crippen LogP contribution in [0.3, 0.4) is 0 Å². The molecule has 94 valence electrons. The Labute approximate surface area is 102 Å². The third-order valence-corrected chi connectivity index (χ3v) is 2.66. The molecule has 0 aliphatic carbocycles. The van der Waals surface area contributed by atoms with Crippen LogP contribution >= 0.6 is 0 Å². The molecule has 0 N–H and O–H groups in total. The minimum Gasteiger partial charge on any atom is -0.205 e. The van der Waals surface area contributed by atoms with Crippen molar-refractivity contribution in [1.82, 2.24) is 0 Å². The highest BCUT2D eigenvalue weighted by Crippen LogP contribution is 2.26. The molecule has 0 aliphatic rings. The summed E-state index contributed by atoms with van der Waals surface area (Å²) in [6.45, 7) is 0. The van der Waals surface area contributed by atoms with Gasteiger partial charge in [0.25, 0.3) is 12.9 Å². The van der Waals surface area contributed by atoms with E-state index < -0.39 is 12.9 Å². The van der Waals surface area contributed by atoms with Crippen LogP contribution in [0.5, 0.6) is 0 Å². The first-order chi connectivity index (χ1) is 8.58. The molecule has 2 aromatic rings. The Morgan fingerprint density at radius 1 is 0.500 bits per heavy atom. The maximum absolute atomic E-state index is 12.4. The van der Waals surface area contributed by atoms with Crippen LogP contribution in [0.25, 0.3) is 11.1 Å². The molecule has 0 amide bonds. The molecule has 2 rings (SSSR count). The highest BCUT2D eigenvalue weighted by molar-refractivity contribution is 5.64. The molecule has 0 aliphatic heterocycles. The first-order valence-electron chi connectivity index (χ1n) is 5.34. The van der Waals surface area contributed by atoms with E-state index in [1.54, 1.807) is 24.3 Å². The summed E-state index contributed by atoms with van der Waals surface area (Å²) in [6, 6.07) is 11.6. The van der Waals surface area contributed by atoms with E-state index in [2.05, 4.69) is 0 Å². The Bertz CT molecular complexity index is 451. The van der Waals surface area contributed by atoms with Crippen LogP contribution in [0, 0.1) is 0 Å². The van der Waals surface area contributed by atoms with Crippen molar-refractivity contribution in [2.45, 2.75) is 12.9 Å². The quantitative estimate of drug-likeness (QED) is 0.658. The normalized spacial score (nSPS) is 11.2. The molecule has 0 fully saturated rings. The Hall–Kier alpha value is -1.84. The van der Waals surface area contributed by atoms with Crippen molar-refractivity contribution in [2.75, 3.05) is 0 Å². The average Bonchev–Trinajstić information content (AvgIpc) is 2.39. The zero-order valence-electron chi connectivity index (χ0n) is 9.29. The second-order valence-electron chi connectivity index (χ2n) is 3.85. The van der Waals surface area contributed by atoms with Gasteiger partial charge in [-0.2, -0.15) is 0 Å². The number of benzene rings is 2. The van der Waals surface area contributed by atoms with Gasteiger partial charge >= 0.3 is 0 Å². The molecule has 0 spiro atoms. The van der Waals surface area contributed by atoms with Gasteiger partial charge in [-0.3, -0.25) is 0 Å². The van der Waals surface area contributed by atoms with Gasteiger partial charge in [0, 0.05) is 11.1 Å². The van der Waals surface area contributed by atoms with Gasteiger partial charge in [-0.1, -0.05) is 48.5 Å². The lowest BCUT2D eigenvalue weighted by molar-refractivity contribution is 0.151. The van der Waals surface area contributed by atoms with Crippen LogP contribution in [0.2, 0.25) is 0 Å². The van der Waals surface area contributed by atoms with Gasteiger partial charge in [0.1, 0.15) is 0 Å². The Morgan fingerprint density at radius 2 is 0.778 bits per heavy atom. The zero-order valence-corrected chi connectivity index (χ0v) is 9.29. The molecule has 0 nitrogen and oxygen atoms in total. The molecule has 0 aromatic heterocycles. The van der Waals surface area contributed by atoms with E-state index >= 15 is 0 Å². The molecule has 0 bridgehead atoms. The maximum Gasteiger partial charge on any atom is 0.263 e. The molecule has 0 heterocycles. The largest absolute Gasteiger partial charge is 0.263 e. The van der Waals surface area contributed by atoms with Gasteiger partial charge in [0.2, 0.25) is 0 Å². The lowest BCUT2D eigenvalue weighted by atomic mass is 10.0. The first-order valence-corrected chi connectivity index (χ1v) is 5.34. The smallest absolute Gasteiger partial charge is 0.205 e. The second kappa shape index (κ2) is 5.21. The van der Waals surface area contributed by atoms with Crippen molar-refractivity contribution in [3.8, 4) is 11.1 Å². The fourth-order valence-electron chi connectivity index (χ4n) is 1.64. The maximum atomic E-state index is 12.4. The SMILES string of the molecule is FC(F)c1ccc(-c2ccc(C(F)F)cc2)cc1. The van der Waals surface area contributed by atoms with Gasteiger partial charge < -0.3 is 0 Å². The van der Waals surface area contributed by atoms with E-state index in [0.717, 1.165) is 11.1 Å². The van der Waals surface area contributed by atoms with Crippen LogP contribution in [-0.2, 0) is 0 Å². The van der Waals surface area contributed by atoms with Gasteiger partial charge in [-0.25, -0.2) is 17.6 Å². The van der Waals surface area contributed by atoms with E-state index in [-0.39, 0.29) is 11.1 Å². The minimum absolute atomic E-state index is 0.0528. The Balaban J connectivity index is 2.25. The number of hydrogen-bond acceptors (Lipinski definition) is 0. The van der Waals surface area contributed by atoms with Gasteiger partial charge in [-0.05, 0) is 11.1 Å². The summed E-state index contributed by atoms with van der Waals surface area (Å²) in [5, 5.41) is 0. The van der Waals surface area contributed by atoms with Crippen molar-refractivity contribution >= 4 is 0 Å². The van der Waals surface area contributed by atoms with Crippen molar-refractivity contribution in [3.63, 3.8) is 0 Å². The van der Waals surface area contributed by atoms with Crippen LogP contribution in [0.1, 0.15) is 24.0 Å². The van der Waals surface area contributed by atoms with E-state index in [1.807, 2.05) is 0 Å². The molecule has 0 unspecified atom stereocenters. The number of alkyl halides is 4. The molecule has 4 heteroatoms. The van der Waals surface area contributed by atoms with Crippen LogP contribution in [-0.4, -0.2) is 0 Å². The summed E-state index contributed by atoms with van der Waals surface area (Å²) in [4.78, 5) is 0. The molecule has 0 saturated carbocycles. The average molecular weight is 254 g/mol. The van der Waals surface area contributed by atoms with Crippen molar-refractivity contribution in [2.24, 2.45) is 0 Å². The number of halogens is 4. The molecular formula is C14H10F4. The van der Waals surface area contributed by atoms with Crippen molar-refractivity contribution in [3.05, 3.63) is 59.7 Å². The van der Waals surface area contributed by atoms with E-state index in [1.165, 1.54) is 24.3 Å². The first kappa shape index (κ1) is 12.6. The van der Waals surface area contributed by atoms with E-state index in [0.29, 0.717) is 0 Å². The number of hydrogen-bond donors (Lipinski definition) is 0. The van der Waals surface area contributed by atoms with Gasteiger partial charge in [0.15, 0.2) is 0 Å². The fraction of sp³-hybridized carbons (Fsp3) is 0.143. The molecule has 18 heavy (non-hydrogen) atoms. The standard InChI is InChI=1S/C14H10F4/c15-13(16)11-5-1-9(2-6-11)10-3-7-12(8-4-10)14(17)18/h1-8,13-14H. The van der Waals surface area contributed by atoms with Crippen molar-refractivity contribution < 1.29 is 17.6 Å². The van der Waals surface area contributed by atoms with Crippen molar-refractivity contribution in [1.29, 1.82) is 0 Å². The fourth-order valence-corrected chi connectivity index (χ4v) is 1.64. The molecular weight excluding hydrogens is 244 g/mol. The predicted molar refractivity (Wildman–Crippen MR) is 61.8 cm³/mol. The lowest BCUT2D eigenvalue weighted by Crippen LogP contribution is -1.86. The van der Waals surface area contributed by atoms with Crippen LogP contribution in [0.15, 0.2) is 48.5 Å². The minimum atomic E-state index is -2.50. The Kier molecular flexibility index (Phi) is 3.65. The zero-order chi connectivity index (χ0) is 13.1. The summed E-state index contributed by atoms with van der Waals surface area (Å²) in [5.74, 6) is 0. The topological polar surface area (TPSA) is 0 Å².